The van der Waals surface area contributed by atoms with Crippen molar-refractivity contribution in [1.82, 2.24) is 0 Å². The molecule has 1 aliphatic carbocycles. The maximum Gasteiger partial charge on any atom is 0.161 e. The monoisotopic (exact) mass is 292 g/mol. The highest BCUT2D eigenvalue weighted by molar-refractivity contribution is 8.14. The van der Waals surface area contributed by atoms with Gasteiger partial charge in [0.15, 0.2) is 5.17 Å². The van der Waals surface area contributed by atoms with Crippen LogP contribution in [-0.2, 0) is 0 Å². The van der Waals surface area contributed by atoms with E-state index in [0.29, 0.717) is 0 Å². The third kappa shape index (κ3) is 2.85. The predicted octanol–water partition coefficient (Wildman–Crippen LogP) is 4.60. The molecule has 1 spiro atoms. The molecule has 108 valence electrons. The van der Waals surface area contributed by atoms with Crippen molar-refractivity contribution in [3.63, 3.8) is 0 Å². The number of aliphatic imine (C=N–C) groups is 1. The van der Waals surface area contributed by atoms with Crippen molar-refractivity contribution in [1.29, 1.82) is 0 Å². The first-order valence-electron chi connectivity index (χ1n) is 7.32. The first-order chi connectivity index (χ1) is 9.56. The lowest BCUT2D eigenvalue weighted by atomic mass is 9.78. The van der Waals surface area contributed by atoms with Gasteiger partial charge in [0.2, 0.25) is 0 Å². The molecule has 1 aromatic carbocycles. The second kappa shape index (κ2) is 5.40. The first-order valence-corrected chi connectivity index (χ1v) is 8.31. The van der Waals surface area contributed by atoms with Crippen molar-refractivity contribution < 1.29 is 4.39 Å². The van der Waals surface area contributed by atoms with Crippen molar-refractivity contribution in [2.75, 3.05) is 11.1 Å². The van der Waals surface area contributed by atoms with Crippen LogP contribution in [-0.4, -0.2) is 16.5 Å². The highest BCUT2D eigenvalue weighted by Gasteiger charge is 2.39. The van der Waals surface area contributed by atoms with Crippen molar-refractivity contribution in [2.45, 2.75) is 45.1 Å². The Kier molecular flexibility index (Phi) is 3.76. The Morgan fingerprint density at radius 1 is 1.45 bits per heavy atom. The van der Waals surface area contributed by atoms with Gasteiger partial charge in [-0.15, -0.1) is 0 Å². The fourth-order valence-corrected chi connectivity index (χ4v) is 4.47. The fraction of sp³-hybridized carbons (Fsp3) is 0.562. The van der Waals surface area contributed by atoms with Gasteiger partial charge in [0.05, 0.1) is 5.54 Å². The van der Waals surface area contributed by atoms with Crippen LogP contribution in [0.1, 0.15) is 38.2 Å². The molecule has 1 N–H and O–H groups in total. The fourth-order valence-electron chi connectivity index (χ4n) is 3.29. The van der Waals surface area contributed by atoms with Gasteiger partial charge in [0.1, 0.15) is 5.82 Å². The lowest BCUT2D eigenvalue weighted by Crippen LogP contribution is -2.33. The Morgan fingerprint density at radius 3 is 3.05 bits per heavy atom. The van der Waals surface area contributed by atoms with E-state index in [1.165, 1.54) is 31.7 Å². The molecular formula is C16H21FN2S. The van der Waals surface area contributed by atoms with Gasteiger partial charge >= 0.3 is 0 Å². The van der Waals surface area contributed by atoms with E-state index in [0.717, 1.165) is 28.1 Å². The number of anilines is 1. The number of nitrogens with one attached hydrogen (secondary N) is 1. The lowest BCUT2D eigenvalue weighted by Gasteiger charge is -2.33. The number of amidine groups is 1. The SMILES string of the molecule is Cc1cc(F)ccc1NC1=NC2(CCCC(C)C2)CS1. The summed E-state index contributed by atoms with van der Waals surface area (Å²) in [5, 5.41) is 4.36. The van der Waals surface area contributed by atoms with E-state index in [9.17, 15) is 4.39 Å². The summed E-state index contributed by atoms with van der Waals surface area (Å²) in [6.45, 7) is 4.25. The summed E-state index contributed by atoms with van der Waals surface area (Å²) in [6.07, 6.45) is 5.03. The molecule has 0 radical (unpaired) electrons. The molecule has 1 aromatic rings. The minimum absolute atomic E-state index is 0.151. The highest BCUT2D eigenvalue weighted by Crippen LogP contribution is 2.42. The summed E-state index contributed by atoms with van der Waals surface area (Å²) < 4.78 is 13.1. The van der Waals surface area contributed by atoms with E-state index in [2.05, 4.69) is 12.2 Å². The molecule has 1 heterocycles. The molecule has 2 atom stereocenters. The summed E-state index contributed by atoms with van der Waals surface area (Å²) in [6, 6.07) is 4.84. The van der Waals surface area contributed by atoms with Gasteiger partial charge in [-0.2, -0.15) is 0 Å². The van der Waals surface area contributed by atoms with Crippen LogP contribution < -0.4 is 5.32 Å². The van der Waals surface area contributed by atoms with Crippen LogP contribution in [0.15, 0.2) is 23.2 Å². The van der Waals surface area contributed by atoms with E-state index < -0.39 is 0 Å². The quantitative estimate of drug-likeness (QED) is 0.818. The molecule has 1 aliphatic heterocycles. The van der Waals surface area contributed by atoms with E-state index >= 15 is 0 Å². The molecule has 20 heavy (non-hydrogen) atoms. The largest absolute Gasteiger partial charge is 0.335 e. The van der Waals surface area contributed by atoms with Crippen molar-refractivity contribution in [3.8, 4) is 0 Å². The van der Waals surface area contributed by atoms with Gasteiger partial charge in [0, 0.05) is 11.4 Å². The smallest absolute Gasteiger partial charge is 0.161 e. The third-order valence-corrected chi connectivity index (χ3v) is 5.46. The van der Waals surface area contributed by atoms with Gasteiger partial charge in [-0.05, 0) is 49.4 Å². The topological polar surface area (TPSA) is 24.4 Å². The van der Waals surface area contributed by atoms with Gasteiger partial charge in [-0.25, -0.2) is 4.39 Å². The van der Waals surface area contributed by atoms with Crippen LogP contribution in [0.3, 0.4) is 0 Å². The minimum Gasteiger partial charge on any atom is -0.335 e. The summed E-state index contributed by atoms with van der Waals surface area (Å²) in [4.78, 5) is 4.96. The third-order valence-electron chi connectivity index (χ3n) is 4.31. The molecule has 2 nitrogen and oxygen atoms in total. The molecule has 0 bridgehead atoms. The maximum atomic E-state index is 13.1. The van der Waals surface area contributed by atoms with Crippen molar-refractivity contribution in [2.24, 2.45) is 10.9 Å². The van der Waals surface area contributed by atoms with Crippen LogP contribution in [0.2, 0.25) is 0 Å². The molecule has 2 unspecified atom stereocenters. The molecule has 0 saturated heterocycles. The lowest BCUT2D eigenvalue weighted by molar-refractivity contribution is 0.266. The summed E-state index contributed by atoms with van der Waals surface area (Å²) in [5.74, 6) is 1.67. The molecule has 1 fully saturated rings. The second-order valence-electron chi connectivity index (χ2n) is 6.22. The minimum atomic E-state index is -0.188. The summed E-state index contributed by atoms with van der Waals surface area (Å²) >= 11 is 1.80. The Balaban J connectivity index is 1.75. The molecular weight excluding hydrogens is 271 g/mol. The normalized spacial score (nSPS) is 29.6. The second-order valence-corrected chi connectivity index (χ2v) is 7.18. The summed E-state index contributed by atoms with van der Waals surface area (Å²) in [5.41, 5.74) is 2.03. The Morgan fingerprint density at radius 2 is 2.30 bits per heavy atom. The zero-order valence-corrected chi connectivity index (χ0v) is 12.9. The van der Waals surface area contributed by atoms with Crippen LogP contribution >= 0.6 is 11.8 Å². The van der Waals surface area contributed by atoms with Gasteiger partial charge in [-0.1, -0.05) is 31.5 Å². The highest BCUT2D eigenvalue weighted by atomic mass is 32.2. The number of hydrogen-bond acceptors (Lipinski definition) is 3. The van der Waals surface area contributed by atoms with Gasteiger partial charge in [-0.3, -0.25) is 4.99 Å². The number of rotatable bonds is 1. The number of hydrogen-bond donors (Lipinski definition) is 1. The van der Waals surface area contributed by atoms with Gasteiger partial charge in [0.25, 0.3) is 0 Å². The first kappa shape index (κ1) is 13.9. The number of aryl methyl sites for hydroxylation is 1. The number of nitrogens with zero attached hydrogens (tertiary/aromatic N) is 1. The van der Waals surface area contributed by atoms with E-state index in [4.69, 9.17) is 4.99 Å². The number of halogens is 1. The molecule has 1 saturated carbocycles. The van der Waals surface area contributed by atoms with Crippen LogP contribution in [0.25, 0.3) is 0 Å². The van der Waals surface area contributed by atoms with Crippen molar-refractivity contribution >= 4 is 22.6 Å². The Hall–Kier alpha value is -1.03. The van der Waals surface area contributed by atoms with E-state index in [-0.39, 0.29) is 11.4 Å². The number of benzene rings is 1. The molecule has 0 aromatic heterocycles. The van der Waals surface area contributed by atoms with E-state index in [1.54, 1.807) is 23.9 Å². The van der Waals surface area contributed by atoms with Gasteiger partial charge < -0.3 is 5.32 Å². The Labute approximate surface area is 124 Å². The molecule has 4 heteroatoms. The number of thioether (sulfide) groups is 1. The molecule has 0 amide bonds. The maximum absolute atomic E-state index is 13.1. The zero-order valence-electron chi connectivity index (χ0n) is 12.1. The predicted molar refractivity (Wildman–Crippen MR) is 85.0 cm³/mol. The molecule has 3 rings (SSSR count). The van der Waals surface area contributed by atoms with Crippen molar-refractivity contribution in [3.05, 3.63) is 29.6 Å². The molecule has 2 aliphatic rings. The van der Waals surface area contributed by atoms with E-state index in [1.807, 2.05) is 6.92 Å². The van der Waals surface area contributed by atoms with Crippen LogP contribution in [0.4, 0.5) is 10.1 Å². The zero-order chi connectivity index (χ0) is 14.2. The Bertz CT molecular complexity index is 543. The van der Waals surface area contributed by atoms with Crippen LogP contribution in [0, 0.1) is 18.7 Å². The standard InChI is InChI=1S/C16H21FN2S/c1-11-4-3-7-16(9-11)10-20-15(19-16)18-14-6-5-13(17)8-12(14)2/h5-6,8,11H,3-4,7,9-10H2,1-2H3,(H,18,19). The average Bonchev–Trinajstić information content (AvgIpc) is 2.75. The summed E-state index contributed by atoms with van der Waals surface area (Å²) in [7, 11) is 0. The average molecular weight is 292 g/mol. The van der Waals surface area contributed by atoms with Crippen LogP contribution in [0.5, 0.6) is 0 Å².